The SMILES string of the molecule is C[N+](C)(C)C.C[N+](C)(C)CCO. The second kappa shape index (κ2) is 5.51. The Morgan fingerprint density at radius 3 is 1.08 bits per heavy atom. The first-order chi connectivity index (χ1) is 5.06. The molecule has 0 aliphatic carbocycles. The van der Waals surface area contributed by atoms with Crippen molar-refractivity contribution in [3.63, 3.8) is 0 Å². The van der Waals surface area contributed by atoms with Gasteiger partial charge in [0.25, 0.3) is 0 Å². The van der Waals surface area contributed by atoms with Gasteiger partial charge in [-0.2, -0.15) is 0 Å². The van der Waals surface area contributed by atoms with E-state index < -0.39 is 0 Å². The summed E-state index contributed by atoms with van der Waals surface area (Å²) in [6, 6.07) is 0. The molecule has 76 valence electrons. The Hall–Kier alpha value is -0.120. The van der Waals surface area contributed by atoms with E-state index in [9.17, 15) is 0 Å². The fourth-order valence-electron chi connectivity index (χ4n) is 0.300. The van der Waals surface area contributed by atoms with Gasteiger partial charge < -0.3 is 14.1 Å². The summed E-state index contributed by atoms with van der Waals surface area (Å²) >= 11 is 0. The average Bonchev–Trinajstić information content (AvgIpc) is 1.54. The maximum Gasteiger partial charge on any atom is 0.101 e. The highest BCUT2D eigenvalue weighted by Crippen LogP contribution is 1.84. The van der Waals surface area contributed by atoms with Gasteiger partial charge in [-0.25, -0.2) is 0 Å². The monoisotopic (exact) mass is 178 g/mol. The van der Waals surface area contributed by atoms with E-state index in [0.717, 1.165) is 15.5 Å². The summed E-state index contributed by atoms with van der Waals surface area (Å²) in [5.41, 5.74) is 0. The zero-order valence-electron chi connectivity index (χ0n) is 9.76. The number of likely N-dealkylation sites (N-methyl/N-ethyl adjacent to an activating group) is 1. The Labute approximate surface area is 77.4 Å². The van der Waals surface area contributed by atoms with Crippen LogP contribution >= 0.6 is 0 Å². The van der Waals surface area contributed by atoms with Gasteiger partial charge in [0.15, 0.2) is 0 Å². The van der Waals surface area contributed by atoms with Gasteiger partial charge in [0.05, 0.1) is 55.9 Å². The quantitative estimate of drug-likeness (QED) is 0.591. The molecule has 0 aromatic carbocycles. The number of quaternary nitrogens is 2. The van der Waals surface area contributed by atoms with Crippen LogP contribution in [0.25, 0.3) is 0 Å². The fourth-order valence-corrected chi connectivity index (χ4v) is 0.300. The number of hydrogen-bond acceptors (Lipinski definition) is 1. The van der Waals surface area contributed by atoms with Gasteiger partial charge in [-0.3, -0.25) is 0 Å². The second-order valence-electron chi connectivity index (χ2n) is 5.42. The standard InChI is InChI=1S/C5H14NO.C4H12N/c1-6(2,3)4-5-7;1-5(2,3)4/h7H,4-5H2,1-3H3;1-4H3/q2*+1. The van der Waals surface area contributed by atoms with E-state index in [1.54, 1.807) is 0 Å². The number of rotatable bonds is 2. The fraction of sp³-hybridized carbons (Fsp3) is 1.00. The van der Waals surface area contributed by atoms with Gasteiger partial charge in [0.1, 0.15) is 6.54 Å². The highest BCUT2D eigenvalue weighted by atomic mass is 16.3. The van der Waals surface area contributed by atoms with E-state index in [1.807, 2.05) is 0 Å². The molecule has 3 nitrogen and oxygen atoms in total. The molecule has 0 rings (SSSR count). The smallest absolute Gasteiger partial charge is 0.101 e. The summed E-state index contributed by atoms with van der Waals surface area (Å²) < 4.78 is 1.84. The Bertz CT molecular complexity index is 94.1. The van der Waals surface area contributed by atoms with Crippen molar-refractivity contribution in [1.29, 1.82) is 0 Å². The van der Waals surface area contributed by atoms with Crippen molar-refractivity contribution < 1.29 is 14.1 Å². The van der Waals surface area contributed by atoms with Crippen molar-refractivity contribution in [2.75, 3.05) is 62.5 Å². The molecule has 12 heavy (non-hydrogen) atoms. The molecule has 0 heterocycles. The Morgan fingerprint density at radius 1 is 0.833 bits per heavy atom. The largest absolute Gasteiger partial charge is 0.391 e. The molecule has 0 unspecified atom stereocenters. The van der Waals surface area contributed by atoms with Crippen LogP contribution in [0.5, 0.6) is 0 Å². The molecule has 0 aromatic rings. The molecule has 0 spiro atoms. The first kappa shape index (κ1) is 14.4. The normalized spacial score (nSPS) is 12.0. The molecule has 0 amide bonds. The van der Waals surface area contributed by atoms with Crippen molar-refractivity contribution in [2.24, 2.45) is 0 Å². The number of aliphatic hydroxyl groups is 1. The summed E-state index contributed by atoms with van der Waals surface area (Å²) in [5.74, 6) is 0. The minimum Gasteiger partial charge on any atom is -0.391 e. The van der Waals surface area contributed by atoms with Crippen molar-refractivity contribution in [2.45, 2.75) is 0 Å². The Kier molecular flexibility index (Phi) is 6.62. The van der Waals surface area contributed by atoms with Gasteiger partial charge in [-0.05, 0) is 0 Å². The zero-order chi connectivity index (χ0) is 10.4. The number of nitrogens with zero attached hydrogens (tertiary/aromatic N) is 2. The third-order valence-electron chi connectivity index (χ3n) is 0.771. The highest BCUT2D eigenvalue weighted by molar-refractivity contribution is 4.19. The molecule has 0 aliphatic heterocycles. The average molecular weight is 178 g/mol. The lowest BCUT2D eigenvalue weighted by Crippen LogP contribution is -2.36. The predicted molar refractivity (Wildman–Crippen MR) is 53.9 cm³/mol. The molecule has 0 aliphatic rings. The summed E-state index contributed by atoms with van der Waals surface area (Å²) in [4.78, 5) is 0. The second-order valence-corrected chi connectivity index (χ2v) is 5.42. The van der Waals surface area contributed by atoms with Crippen LogP contribution in [0, 0.1) is 0 Å². The van der Waals surface area contributed by atoms with Crippen LogP contribution in [0.1, 0.15) is 0 Å². The first-order valence-corrected chi connectivity index (χ1v) is 4.26. The van der Waals surface area contributed by atoms with Gasteiger partial charge in [0, 0.05) is 0 Å². The van der Waals surface area contributed by atoms with Gasteiger partial charge in [-0.15, -0.1) is 0 Å². The summed E-state index contributed by atoms with van der Waals surface area (Å²) in [7, 11) is 14.7. The molecule has 1 N–H and O–H groups in total. The van der Waals surface area contributed by atoms with E-state index in [2.05, 4.69) is 49.3 Å². The van der Waals surface area contributed by atoms with Crippen LogP contribution in [0.4, 0.5) is 0 Å². The van der Waals surface area contributed by atoms with E-state index in [0.29, 0.717) is 0 Å². The Balaban J connectivity index is 0. The van der Waals surface area contributed by atoms with E-state index in [4.69, 9.17) is 5.11 Å². The van der Waals surface area contributed by atoms with Crippen LogP contribution in [0.3, 0.4) is 0 Å². The molecule has 0 saturated heterocycles. The van der Waals surface area contributed by atoms with E-state index >= 15 is 0 Å². The van der Waals surface area contributed by atoms with Crippen molar-refractivity contribution >= 4 is 0 Å². The zero-order valence-corrected chi connectivity index (χ0v) is 9.76. The summed E-state index contributed by atoms with van der Waals surface area (Å²) in [6.45, 7) is 1.11. The third-order valence-corrected chi connectivity index (χ3v) is 0.771. The molecule has 3 heteroatoms. The molecular weight excluding hydrogens is 152 g/mol. The van der Waals surface area contributed by atoms with Gasteiger partial charge in [0.2, 0.25) is 0 Å². The lowest BCUT2D eigenvalue weighted by atomic mass is 10.5. The van der Waals surface area contributed by atoms with Crippen LogP contribution in [-0.2, 0) is 0 Å². The Morgan fingerprint density at radius 2 is 1.08 bits per heavy atom. The molecule has 0 fully saturated rings. The topological polar surface area (TPSA) is 20.2 Å². The van der Waals surface area contributed by atoms with Crippen molar-refractivity contribution in [3.8, 4) is 0 Å². The van der Waals surface area contributed by atoms with Crippen LogP contribution < -0.4 is 0 Å². The van der Waals surface area contributed by atoms with Crippen molar-refractivity contribution in [1.82, 2.24) is 0 Å². The maximum absolute atomic E-state index is 8.39. The highest BCUT2D eigenvalue weighted by Gasteiger charge is 2.02. The minimum atomic E-state index is 0.281. The lowest BCUT2D eigenvalue weighted by molar-refractivity contribution is -0.870. The van der Waals surface area contributed by atoms with Crippen LogP contribution in [0.2, 0.25) is 0 Å². The lowest BCUT2D eigenvalue weighted by Gasteiger charge is -2.21. The predicted octanol–water partition coefficient (Wildman–Crippen LogP) is 0.00730. The molecule has 0 aromatic heterocycles. The van der Waals surface area contributed by atoms with Gasteiger partial charge >= 0.3 is 0 Å². The molecule has 0 bridgehead atoms. The summed E-state index contributed by atoms with van der Waals surface area (Å²) in [5, 5.41) is 8.39. The van der Waals surface area contributed by atoms with E-state index in [-0.39, 0.29) is 6.61 Å². The molecule has 0 atom stereocenters. The maximum atomic E-state index is 8.39. The van der Waals surface area contributed by atoms with Crippen LogP contribution in [-0.4, -0.2) is 76.6 Å². The minimum absolute atomic E-state index is 0.281. The first-order valence-electron chi connectivity index (χ1n) is 4.26. The molecule has 0 radical (unpaired) electrons. The van der Waals surface area contributed by atoms with Crippen LogP contribution in [0.15, 0.2) is 0 Å². The third kappa shape index (κ3) is 51.8. The van der Waals surface area contributed by atoms with Crippen molar-refractivity contribution in [3.05, 3.63) is 0 Å². The number of hydrogen-bond donors (Lipinski definition) is 1. The molecular formula is C9H26N2O+2. The van der Waals surface area contributed by atoms with E-state index in [1.165, 1.54) is 0 Å². The molecule has 0 saturated carbocycles. The van der Waals surface area contributed by atoms with Gasteiger partial charge in [-0.1, -0.05) is 0 Å². The number of aliphatic hydroxyl groups excluding tert-OH is 1. The summed E-state index contributed by atoms with van der Waals surface area (Å²) in [6.07, 6.45) is 0.